The zero-order chi connectivity index (χ0) is 24.8. The largest absolute Gasteiger partial charge is 0.495 e. The monoisotopic (exact) mass is 485 g/mol. The number of carbonyl (C=O) groups is 1. The normalized spacial score (nSPS) is 12.6. The average Bonchev–Trinajstić information content (AvgIpc) is 3.36. The van der Waals surface area contributed by atoms with Gasteiger partial charge in [0.05, 0.1) is 45.9 Å². The third kappa shape index (κ3) is 5.10. The van der Waals surface area contributed by atoms with Crippen molar-refractivity contribution in [2.75, 3.05) is 33.8 Å². The maximum atomic E-state index is 12.7. The molecule has 0 bridgehead atoms. The average molecular weight is 486 g/mol. The number of nitrogens with zero attached hydrogens (tertiary/aromatic N) is 1. The molecule has 0 saturated heterocycles. The van der Waals surface area contributed by atoms with Crippen molar-refractivity contribution in [1.29, 1.82) is 0 Å². The Balaban J connectivity index is 2.03. The first-order valence-electron chi connectivity index (χ1n) is 10.9. The van der Waals surface area contributed by atoms with Gasteiger partial charge in [0, 0.05) is 16.5 Å². The zero-order valence-electron chi connectivity index (χ0n) is 20.3. The summed E-state index contributed by atoms with van der Waals surface area (Å²) in [6.07, 6.45) is 0.810. The Bertz CT molecular complexity index is 1120. The molecule has 2 aromatic carbocycles. The molecule has 1 unspecified atom stereocenters. The number of methoxy groups -OCH3 is 4. The fourth-order valence-electron chi connectivity index (χ4n) is 3.57. The number of amides is 1. The topological polar surface area (TPSA) is 105 Å². The van der Waals surface area contributed by atoms with Gasteiger partial charge < -0.3 is 30.0 Å². The van der Waals surface area contributed by atoms with E-state index in [0.29, 0.717) is 28.7 Å². The van der Waals surface area contributed by atoms with E-state index in [9.17, 15) is 4.79 Å². The van der Waals surface area contributed by atoms with Crippen molar-refractivity contribution in [3.63, 3.8) is 0 Å². The summed E-state index contributed by atoms with van der Waals surface area (Å²) in [5.41, 5.74) is 10.00. The second-order valence-corrected chi connectivity index (χ2v) is 8.44. The molecule has 0 radical (unpaired) electrons. The van der Waals surface area contributed by atoms with E-state index < -0.39 is 6.04 Å². The molecule has 3 rings (SSSR count). The SMILES string of the molecule is CCC(C)[C@H](N)C(=O)Nc1cc(-c2csnc2-c2cc(OC)c(OC)c(OC)c2)ccc1OC. The smallest absolute Gasteiger partial charge is 0.241 e. The lowest BCUT2D eigenvalue weighted by atomic mass is 9.98. The lowest BCUT2D eigenvalue weighted by molar-refractivity contribution is -0.118. The van der Waals surface area contributed by atoms with Crippen molar-refractivity contribution in [2.45, 2.75) is 26.3 Å². The molecule has 9 heteroatoms. The van der Waals surface area contributed by atoms with Crippen LogP contribution in [0.3, 0.4) is 0 Å². The van der Waals surface area contributed by atoms with Gasteiger partial charge in [-0.2, -0.15) is 4.37 Å². The fourth-order valence-corrected chi connectivity index (χ4v) is 4.28. The van der Waals surface area contributed by atoms with Crippen LogP contribution in [0.4, 0.5) is 5.69 Å². The molecule has 1 heterocycles. The number of hydrogen-bond acceptors (Lipinski definition) is 8. The number of rotatable bonds is 10. The Kier molecular flexibility index (Phi) is 8.36. The molecule has 34 heavy (non-hydrogen) atoms. The summed E-state index contributed by atoms with van der Waals surface area (Å²) in [5, 5.41) is 4.88. The van der Waals surface area contributed by atoms with Gasteiger partial charge in [-0.1, -0.05) is 26.3 Å². The van der Waals surface area contributed by atoms with Gasteiger partial charge in [-0.25, -0.2) is 0 Å². The highest BCUT2D eigenvalue weighted by Crippen LogP contribution is 2.44. The predicted molar refractivity (Wildman–Crippen MR) is 135 cm³/mol. The third-order valence-corrected chi connectivity index (χ3v) is 6.47. The van der Waals surface area contributed by atoms with Crippen LogP contribution in [0.1, 0.15) is 20.3 Å². The quantitative estimate of drug-likeness (QED) is 0.424. The minimum absolute atomic E-state index is 0.0573. The number of nitrogens with two attached hydrogens (primary N) is 1. The van der Waals surface area contributed by atoms with Gasteiger partial charge in [0.1, 0.15) is 5.75 Å². The van der Waals surface area contributed by atoms with Crippen molar-refractivity contribution < 1.29 is 23.7 Å². The van der Waals surface area contributed by atoms with Crippen LogP contribution in [0.15, 0.2) is 35.7 Å². The molecule has 0 fully saturated rings. The van der Waals surface area contributed by atoms with Gasteiger partial charge in [-0.3, -0.25) is 4.79 Å². The van der Waals surface area contributed by atoms with Crippen LogP contribution >= 0.6 is 11.5 Å². The van der Waals surface area contributed by atoms with Gasteiger partial charge in [0.25, 0.3) is 0 Å². The Hall–Kier alpha value is -3.30. The van der Waals surface area contributed by atoms with Crippen LogP contribution in [0.5, 0.6) is 23.0 Å². The molecule has 0 aliphatic heterocycles. The second kappa shape index (κ2) is 11.2. The molecular formula is C25H31N3O5S. The van der Waals surface area contributed by atoms with Crippen LogP contribution in [-0.2, 0) is 4.79 Å². The summed E-state index contributed by atoms with van der Waals surface area (Å²) in [6, 6.07) is 8.71. The first-order valence-corrected chi connectivity index (χ1v) is 11.7. The van der Waals surface area contributed by atoms with Crippen molar-refractivity contribution in [2.24, 2.45) is 11.7 Å². The van der Waals surface area contributed by atoms with Gasteiger partial charge >= 0.3 is 0 Å². The van der Waals surface area contributed by atoms with E-state index in [2.05, 4.69) is 9.69 Å². The van der Waals surface area contributed by atoms with E-state index in [4.69, 9.17) is 24.7 Å². The summed E-state index contributed by atoms with van der Waals surface area (Å²) in [6.45, 7) is 3.96. The van der Waals surface area contributed by atoms with Crippen LogP contribution in [0.2, 0.25) is 0 Å². The van der Waals surface area contributed by atoms with Crippen LogP contribution in [0.25, 0.3) is 22.4 Å². The van der Waals surface area contributed by atoms with Gasteiger partial charge in [-0.15, -0.1) is 0 Å². The Morgan fingerprint density at radius 2 is 1.65 bits per heavy atom. The number of benzene rings is 2. The fraction of sp³-hybridized carbons (Fsp3) is 0.360. The van der Waals surface area contributed by atoms with E-state index in [1.807, 2.05) is 49.6 Å². The Morgan fingerprint density at radius 3 is 2.21 bits per heavy atom. The number of hydrogen-bond donors (Lipinski definition) is 2. The second-order valence-electron chi connectivity index (χ2n) is 7.81. The molecule has 182 valence electrons. The highest BCUT2D eigenvalue weighted by Gasteiger charge is 2.22. The lowest BCUT2D eigenvalue weighted by Gasteiger charge is -2.19. The van der Waals surface area contributed by atoms with Crippen molar-refractivity contribution in [1.82, 2.24) is 4.37 Å². The van der Waals surface area contributed by atoms with Gasteiger partial charge in [-0.05, 0) is 47.3 Å². The Labute approximate surface area is 204 Å². The van der Waals surface area contributed by atoms with E-state index in [1.54, 1.807) is 28.4 Å². The summed E-state index contributed by atoms with van der Waals surface area (Å²) in [5.74, 6) is 1.94. The molecule has 3 N–H and O–H groups in total. The van der Waals surface area contributed by atoms with Crippen molar-refractivity contribution >= 4 is 23.1 Å². The van der Waals surface area contributed by atoms with Crippen LogP contribution in [-0.4, -0.2) is 44.8 Å². The first kappa shape index (κ1) is 25.3. The number of nitrogens with one attached hydrogen (secondary N) is 1. The molecule has 3 aromatic rings. The van der Waals surface area contributed by atoms with E-state index >= 15 is 0 Å². The highest BCUT2D eigenvalue weighted by atomic mass is 32.1. The maximum absolute atomic E-state index is 12.7. The molecule has 0 spiro atoms. The molecular weight excluding hydrogens is 454 g/mol. The minimum Gasteiger partial charge on any atom is -0.495 e. The van der Waals surface area contributed by atoms with Gasteiger partial charge in [0.2, 0.25) is 11.7 Å². The molecule has 1 aromatic heterocycles. The number of ether oxygens (including phenoxy) is 4. The highest BCUT2D eigenvalue weighted by molar-refractivity contribution is 7.04. The van der Waals surface area contributed by atoms with Crippen LogP contribution in [0, 0.1) is 5.92 Å². The Morgan fingerprint density at radius 1 is 1.00 bits per heavy atom. The molecule has 0 saturated carbocycles. The van der Waals surface area contributed by atoms with Crippen molar-refractivity contribution in [3.05, 3.63) is 35.7 Å². The molecule has 0 aliphatic carbocycles. The zero-order valence-corrected chi connectivity index (χ0v) is 21.1. The standard InChI is InChI=1S/C25H31N3O5S/c1-7-14(2)22(26)25(29)27-18-10-15(8-9-19(18)30-3)17-13-34-28-23(17)16-11-20(31-4)24(33-6)21(12-16)32-5/h8-14,22H,7,26H2,1-6H3,(H,27,29)/t14?,22-/m0/s1. The van der Waals surface area contributed by atoms with Crippen molar-refractivity contribution in [3.8, 4) is 45.4 Å². The summed E-state index contributed by atoms with van der Waals surface area (Å²) < 4.78 is 26.5. The van der Waals surface area contributed by atoms with Crippen LogP contribution < -0.4 is 30.0 Å². The lowest BCUT2D eigenvalue weighted by Crippen LogP contribution is -2.40. The number of anilines is 1. The number of aromatic nitrogens is 1. The summed E-state index contributed by atoms with van der Waals surface area (Å²) in [4.78, 5) is 12.7. The first-order chi connectivity index (χ1) is 16.4. The third-order valence-electron chi connectivity index (χ3n) is 5.84. The summed E-state index contributed by atoms with van der Waals surface area (Å²) >= 11 is 1.33. The summed E-state index contributed by atoms with van der Waals surface area (Å²) in [7, 11) is 6.28. The maximum Gasteiger partial charge on any atom is 0.241 e. The van der Waals surface area contributed by atoms with E-state index in [1.165, 1.54) is 11.5 Å². The van der Waals surface area contributed by atoms with E-state index in [-0.39, 0.29) is 11.8 Å². The minimum atomic E-state index is -0.615. The predicted octanol–water partition coefficient (Wildman–Crippen LogP) is 4.82. The molecule has 8 nitrogen and oxygen atoms in total. The van der Waals surface area contributed by atoms with Gasteiger partial charge in [0.15, 0.2) is 11.5 Å². The number of carbonyl (C=O) groups excluding carboxylic acids is 1. The molecule has 0 aliphatic rings. The van der Waals surface area contributed by atoms with E-state index in [0.717, 1.165) is 28.8 Å². The molecule has 1 amide bonds. The molecule has 2 atom stereocenters.